The average Bonchev–Trinajstić information content (AvgIpc) is 3.85. The van der Waals surface area contributed by atoms with Gasteiger partial charge < -0.3 is 35.8 Å². The van der Waals surface area contributed by atoms with E-state index in [2.05, 4.69) is 21.3 Å². The van der Waals surface area contributed by atoms with Gasteiger partial charge in [0.1, 0.15) is 41.9 Å². The van der Waals surface area contributed by atoms with Crippen molar-refractivity contribution < 1.29 is 38.3 Å². The lowest BCUT2D eigenvalue weighted by molar-refractivity contribution is -0.158. The molecule has 4 N–H and O–H groups in total. The van der Waals surface area contributed by atoms with Gasteiger partial charge in [0.15, 0.2) is 0 Å². The van der Waals surface area contributed by atoms with Crippen molar-refractivity contribution in [2.45, 2.75) is 108 Å². The summed E-state index contributed by atoms with van der Waals surface area (Å²) in [5.74, 6) is -3.10. The zero-order valence-electron chi connectivity index (χ0n) is 28.6. The maximum Gasteiger partial charge on any atom is 0.330 e. The molecule has 4 saturated heterocycles. The van der Waals surface area contributed by atoms with E-state index >= 15 is 0 Å². The fourth-order valence-electron chi connectivity index (χ4n) is 6.61. The van der Waals surface area contributed by atoms with Crippen LogP contribution in [0.15, 0.2) is 30.3 Å². The summed E-state index contributed by atoms with van der Waals surface area (Å²) in [7, 11) is 2.44. The molecular weight excluding hydrogens is 685 g/mol. The summed E-state index contributed by atoms with van der Waals surface area (Å²) in [5.41, 5.74) is -0.0465. The third kappa shape index (κ3) is 9.50. The van der Waals surface area contributed by atoms with Gasteiger partial charge in [0.2, 0.25) is 35.4 Å². The van der Waals surface area contributed by atoms with Crippen molar-refractivity contribution in [3.05, 3.63) is 35.9 Å². The molecule has 1 aromatic rings. The molecule has 16 heteroatoms. The van der Waals surface area contributed by atoms with E-state index in [1.165, 1.54) is 31.4 Å². The lowest BCUT2D eigenvalue weighted by Gasteiger charge is -2.33. The number of ether oxygens (including phenoxy) is 1. The number of carbonyl (C=O) groups is 7. The molecule has 272 valence electrons. The largest absolute Gasteiger partial charge is 0.458 e. The molecule has 0 bridgehead atoms. The van der Waals surface area contributed by atoms with Crippen LogP contribution in [-0.4, -0.2) is 118 Å². The molecule has 4 aliphatic heterocycles. The number of fused-ring (bicyclic) bond motifs is 2. The van der Waals surface area contributed by atoms with Gasteiger partial charge in [0.25, 0.3) is 0 Å². The number of amides is 6. The molecule has 0 radical (unpaired) electrons. The number of carbonyl (C=O) groups excluding carboxylic acids is 7. The molecule has 0 saturated carbocycles. The van der Waals surface area contributed by atoms with Gasteiger partial charge in [-0.15, -0.1) is 0 Å². The van der Waals surface area contributed by atoms with Crippen molar-refractivity contribution in [1.82, 2.24) is 31.1 Å². The quantitative estimate of drug-likeness (QED) is 0.248. The van der Waals surface area contributed by atoms with Crippen LogP contribution in [0.2, 0.25) is 0 Å². The van der Waals surface area contributed by atoms with Crippen LogP contribution < -0.4 is 21.3 Å². The Morgan fingerprint density at radius 3 is 2.14 bits per heavy atom. The number of benzene rings is 1. The summed E-state index contributed by atoms with van der Waals surface area (Å²) < 4.78 is 5.63. The molecule has 0 unspecified atom stereocenters. The van der Waals surface area contributed by atoms with E-state index in [0.717, 1.165) is 5.56 Å². The van der Waals surface area contributed by atoms with Crippen molar-refractivity contribution in [2.24, 2.45) is 0 Å². The lowest BCUT2D eigenvalue weighted by Crippen LogP contribution is -2.59. The minimum atomic E-state index is -1.10. The van der Waals surface area contributed by atoms with E-state index in [9.17, 15) is 33.6 Å². The highest BCUT2D eigenvalue weighted by Gasteiger charge is 2.45. The zero-order chi connectivity index (χ0) is 36.0. The number of hydrogen-bond donors (Lipinski definition) is 4. The minimum absolute atomic E-state index is 0.0616. The van der Waals surface area contributed by atoms with Crippen molar-refractivity contribution >= 4 is 63.0 Å². The van der Waals surface area contributed by atoms with Gasteiger partial charge in [-0.05, 0) is 58.4 Å². The highest BCUT2D eigenvalue weighted by Crippen LogP contribution is 2.29. The molecule has 0 aliphatic carbocycles. The molecule has 4 heterocycles. The maximum atomic E-state index is 14.1. The van der Waals surface area contributed by atoms with Crippen molar-refractivity contribution in [3.63, 3.8) is 0 Å². The number of nitrogens with one attached hydrogen (secondary N) is 4. The predicted octanol–water partition coefficient (Wildman–Crippen LogP) is 0.681. The summed E-state index contributed by atoms with van der Waals surface area (Å²) in [5, 5.41) is 11.1. The van der Waals surface area contributed by atoms with Crippen LogP contribution in [0.25, 0.3) is 0 Å². The van der Waals surface area contributed by atoms with Crippen molar-refractivity contribution in [2.75, 3.05) is 24.6 Å². The number of rotatable bonds is 5. The van der Waals surface area contributed by atoms with Gasteiger partial charge in [0.05, 0.1) is 0 Å². The predicted molar refractivity (Wildman–Crippen MR) is 187 cm³/mol. The number of esters is 1. The second-order valence-electron chi connectivity index (χ2n) is 14.0. The molecule has 4 aliphatic rings. The van der Waals surface area contributed by atoms with Crippen molar-refractivity contribution in [1.29, 1.82) is 0 Å². The smallest absolute Gasteiger partial charge is 0.330 e. The Morgan fingerprint density at radius 1 is 0.820 bits per heavy atom. The SMILES string of the molecule is CC(C)(C)OC(=O)[C@@H]1CSSC[C@H](NC(=O)[C@@H]2CCC(=O)N2)C(=O)N2CCC[C@H]2C(=O)N2CCC[C@H]2C(=O)N[C@@H](Cc2ccccc2)C(=O)N1. The first-order chi connectivity index (χ1) is 23.8. The highest BCUT2D eigenvalue weighted by molar-refractivity contribution is 8.76. The van der Waals surface area contributed by atoms with Crippen LogP contribution in [0.5, 0.6) is 0 Å². The lowest BCUT2D eigenvalue weighted by atomic mass is 10.0. The Balaban J connectivity index is 1.45. The first-order valence-corrected chi connectivity index (χ1v) is 19.6. The average molecular weight is 731 g/mol. The Kier molecular flexibility index (Phi) is 12.4. The van der Waals surface area contributed by atoms with E-state index in [-0.39, 0.29) is 36.2 Å². The third-order valence-corrected chi connectivity index (χ3v) is 11.5. The standard InChI is InChI=1S/C34H46N6O8S2/c1-34(2,3)48-33(47)24-19-50-49-18-23(37-28(42)21-13-14-27(41)35-21)31(45)40-16-8-12-26(40)32(46)39-15-7-11-25(39)30(44)36-22(29(43)38-24)17-20-9-5-4-6-10-20/h4-6,9-10,21-26H,7-8,11-19H2,1-3H3,(H,35,41)(H,36,44)(H,37,42)(H,38,43)/t21-,22-,23-,24-,25-,26-/m0/s1. The Labute approximate surface area is 299 Å². The van der Waals surface area contributed by atoms with Gasteiger partial charge in [0, 0.05) is 37.4 Å². The topological polar surface area (TPSA) is 183 Å². The van der Waals surface area contributed by atoms with Crippen LogP contribution in [-0.2, 0) is 44.7 Å². The summed E-state index contributed by atoms with van der Waals surface area (Å²) in [6, 6.07) is 3.56. The molecule has 50 heavy (non-hydrogen) atoms. The second-order valence-corrected chi connectivity index (χ2v) is 16.6. The molecule has 6 amide bonds. The molecule has 14 nitrogen and oxygen atoms in total. The zero-order valence-corrected chi connectivity index (χ0v) is 30.2. The fraction of sp³-hybridized carbons (Fsp3) is 0.618. The first kappa shape index (κ1) is 37.5. The van der Waals surface area contributed by atoms with Crippen LogP contribution in [0.3, 0.4) is 0 Å². The minimum Gasteiger partial charge on any atom is -0.458 e. The Morgan fingerprint density at radius 2 is 1.48 bits per heavy atom. The molecular formula is C34H46N6O8S2. The van der Waals surface area contributed by atoms with Gasteiger partial charge >= 0.3 is 5.97 Å². The Bertz CT molecular complexity index is 1470. The normalized spacial score (nSPS) is 28.6. The van der Waals surface area contributed by atoms with E-state index in [0.29, 0.717) is 45.2 Å². The van der Waals surface area contributed by atoms with Gasteiger partial charge in [-0.3, -0.25) is 28.8 Å². The van der Waals surface area contributed by atoms with Crippen LogP contribution in [0.4, 0.5) is 0 Å². The fourth-order valence-corrected chi connectivity index (χ4v) is 8.92. The molecule has 5 rings (SSSR count). The Hall–Kier alpha value is -3.79. The number of hydrogen-bond acceptors (Lipinski definition) is 10. The molecule has 0 spiro atoms. The van der Waals surface area contributed by atoms with Gasteiger partial charge in [-0.1, -0.05) is 51.9 Å². The van der Waals surface area contributed by atoms with Crippen molar-refractivity contribution in [3.8, 4) is 0 Å². The van der Waals surface area contributed by atoms with E-state index in [1.54, 1.807) is 20.8 Å². The maximum absolute atomic E-state index is 14.1. The first-order valence-electron chi connectivity index (χ1n) is 17.1. The van der Waals surface area contributed by atoms with Crippen LogP contribution in [0, 0.1) is 0 Å². The van der Waals surface area contributed by atoms with Crippen LogP contribution >= 0.6 is 21.6 Å². The van der Waals surface area contributed by atoms with Crippen LogP contribution in [0.1, 0.15) is 64.9 Å². The molecule has 4 fully saturated rings. The monoisotopic (exact) mass is 730 g/mol. The van der Waals surface area contributed by atoms with Gasteiger partial charge in [-0.2, -0.15) is 0 Å². The second kappa shape index (κ2) is 16.5. The molecule has 6 atom stereocenters. The summed E-state index contributed by atoms with van der Waals surface area (Å²) in [4.78, 5) is 97.3. The highest BCUT2D eigenvalue weighted by atomic mass is 33.1. The van der Waals surface area contributed by atoms with E-state index in [4.69, 9.17) is 4.74 Å². The number of nitrogens with zero attached hydrogens (tertiary/aromatic N) is 2. The summed E-state index contributed by atoms with van der Waals surface area (Å²) >= 11 is 0. The summed E-state index contributed by atoms with van der Waals surface area (Å²) in [6.07, 6.45) is 2.60. The molecule has 0 aromatic heterocycles. The summed E-state index contributed by atoms with van der Waals surface area (Å²) in [6.45, 7) is 5.79. The van der Waals surface area contributed by atoms with E-state index < -0.39 is 71.5 Å². The third-order valence-electron chi connectivity index (χ3n) is 9.06. The van der Waals surface area contributed by atoms with E-state index in [1.807, 2.05) is 30.3 Å². The molecule has 1 aromatic carbocycles. The van der Waals surface area contributed by atoms with Gasteiger partial charge in [-0.25, -0.2) is 4.79 Å².